The highest BCUT2D eigenvalue weighted by molar-refractivity contribution is 6.22. The Hall–Kier alpha value is -7.94. The maximum absolute atomic E-state index is 6.92. The van der Waals surface area contributed by atoms with E-state index in [1.807, 2.05) is 0 Å². The monoisotopic (exact) mass is 777 g/mol. The number of para-hydroxylation sites is 1. The van der Waals surface area contributed by atoms with E-state index in [9.17, 15) is 0 Å². The van der Waals surface area contributed by atoms with Crippen LogP contribution < -0.4 is 4.90 Å². The first-order valence-corrected chi connectivity index (χ1v) is 21.0. The fourth-order valence-electron chi connectivity index (χ4n) is 10.1. The zero-order valence-corrected chi connectivity index (χ0v) is 33.4. The van der Waals surface area contributed by atoms with Gasteiger partial charge in [-0.2, -0.15) is 0 Å². The minimum atomic E-state index is -0.449. The van der Waals surface area contributed by atoms with Gasteiger partial charge in [0.1, 0.15) is 11.2 Å². The second kappa shape index (κ2) is 14.1. The normalized spacial score (nSPS) is 12.7. The highest BCUT2D eigenvalue weighted by Gasteiger charge is 2.46. The van der Waals surface area contributed by atoms with Crippen LogP contribution in [0.5, 0.6) is 0 Å². The van der Waals surface area contributed by atoms with E-state index >= 15 is 0 Å². The molecule has 0 aliphatic heterocycles. The Kier molecular flexibility index (Phi) is 8.11. The Morgan fingerprint density at radius 2 is 0.885 bits per heavy atom. The largest absolute Gasteiger partial charge is 0.455 e. The summed E-state index contributed by atoms with van der Waals surface area (Å²) in [6, 6.07) is 85.8. The van der Waals surface area contributed by atoms with Crippen molar-refractivity contribution in [2.24, 2.45) is 0 Å². The van der Waals surface area contributed by atoms with Gasteiger partial charge in [-0.05, 0) is 98.1 Å². The summed E-state index contributed by atoms with van der Waals surface area (Å²) in [5, 5.41) is 4.40. The minimum Gasteiger partial charge on any atom is -0.455 e. The molecular weight excluding hydrogens is 739 g/mol. The molecule has 0 amide bonds. The number of rotatable bonds is 7. The van der Waals surface area contributed by atoms with Gasteiger partial charge in [-0.15, -0.1) is 0 Å². The summed E-state index contributed by atoms with van der Waals surface area (Å²) in [5.74, 6) is 0. The average molecular weight is 778 g/mol. The molecule has 12 rings (SSSR count). The van der Waals surface area contributed by atoms with Crippen LogP contribution in [0, 0.1) is 0 Å². The van der Waals surface area contributed by atoms with Crippen LogP contribution in [0.1, 0.15) is 22.3 Å². The Morgan fingerprint density at radius 3 is 1.61 bits per heavy atom. The molecule has 0 fully saturated rings. The maximum atomic E-state index is 6.92. The summed E-state index contributed by atoms with van der Waals surface area (Å²) in [7, 11) is 0. The van der Waals surface area contributed by atoms with Crippen LogP contribution in [0.4, 0.5) is 17.1 Å². The van der Waals surface area contributed by atoms with Gasteiger partial charge in [0.15, 0.2) is 0 Å². The number of anilines is 3. The predicted molar refractivity (Wildman–Crippen MR) is 254 cm³/mol. The van der Waals surface area contributed by atoms with Gasteiger partial charge in [0.2, 0.25) is 0 Å². The third-order valence-electron chi connectivity index (χ3n) is 12.7. The van der Waals surface area contributed by atoms with E-state index in [1.165, 1.54) is 44.5 Å². The molecule has 2 nitrogen and oxygen atoms in total. The lowest BCUT2D eigenvalue weighted by atomic mass is 9.67. The molecule has 2 heteroatoms. The third kappa shape index (κ3) is 5.43. The van der Waals surface area contributed by atoms with Gasteiger partial charge < -0.3 is 9.32 Å². The molecule has 0 saturated carbocycles. The first kappa shape index (κ1) is 35.0. The quantitative estimate of drug-likeness (QED) is 0.160. The molecule has 0 spiro atoms. The van der Waals surface area contributed by atoms with Gasteiger partial charge in [-0.3, -0.25) is 0 Å². The number of fused-ring (bicyclic) bond motifs is 8. The second-order valence-corrected chi connectivity index (χ2v) is 16.0. The Morgan fingerprint density at radius 1 is 0.344 bits per heavy atom. The van der Waals surface area contributed by atoms with Gasteiger partial charge in [-0.25, -0.2) is 0 Å². The maximum Gasteiger partial charge on any atom is 0.143 e. The van der Waals surface area contributed by atoms with Crippen LogP contribution in [0.3, 0.4) is 0 Å². The van der Waals surface area contributed by atoms with Crippen LogP contribution >= 0.6 is 0 Å². The summed E-state index contributed by atoms with van der Waals surface area (Å²) in [6.07, 6.45) is 0. The van der Waals surface area contributed by atoms with Crippen LogP contribution in [0.25, 0.3) is 66.1 Å². The summed E-state index contributed by atoms with van der Waals surface area (Å²) in [4.78, 5) is 2.39. The van der Waals surface area contributed by atoms with E-state index in [1.54, 1.807) is 0 Å². The Labute approximate surface area is 355 Å². The van der Waals surface area contributed by atoms with E-state index in [4.69, 9.17) is 4.42 Å². The molecule has 10 aromatic carbocycles. The molecule has 0 atom stereocenters. The smallest absolute Gasteiger partial charge is 0.143 e. The van der Waals surface area contributed by atoms with Crippen LogP contribution in [-0.4, -0.2) is 0 Å². The van der Waals surface area contributed by atoms with Crippen molar-refractivity contribution in [3.8, 4) is 33.4 Å². The topological polar surface area (TPSA) is 16.4 Å². The van der Waals surface area contributed by atoms with Crippen LogP contribution in [0.15, 0.2) is 241 Å². The molecule has 1 aliphatic carbocycles. The number of benzene rings is 10. The highest BCUT2D eigenvalue weighted by atomic mass is 16.3. The van der Waals surface area contributed by atoms with E-state index in [0.29, 0.717) is 0 Å². The van der Waals surface area contributed by atoms with E-state index < -0.39 is 5.41 Å². The Balaban J connectivity index is 1.08. The van der Waals surface area contributed by atoms with Crippen LogP contribution in [0.2, 0.25) is 0 Å². The SMILES string of the molecule is c1ccc(-c2ccc(N(c3ccccc3)c3cc4c(oc5cccc(-c6ccc7c(c6)-c6ccccc6C7(c6ccccc6)c6ccccc6)c54)c4ccccc34)cc2)cc1. The summed E-state index contributed by atoms with van der Waals surface area (Å²) >= 11 is 0. The summed E-state index contributed by atoms with van der Waals surface area (Å²) < 4.78 is 6.92. The Bertz CT molecular complexity index is 3350. The van der Waals surface area contributed by atoms with Crippen molar-refractivity contribution in [1.82, 2.24) is 0 Å². The van der Waals surface area contributed by atoms with Crippen LogP contribution in [-0.2, 0) is 5.41 Å². The molecule has 1 heterocycles. The lowest BCUT2D eigenvalue weighted by Gasteiger charge is -2.33. The fourth-order valence-corrected chi connectivity index (χ4v) is 10.1. The number of hydrogen-bond donors (Lipinski definition) is 0. The zero-order chi connectivity index (χ0) is 40.3. The van der Waals surface area contributed by atoms with Gasteiger partial charge in [0.25, 0.3) is 0 Å². The standard InChI is InChI=1S/C59H39NO/c1-5-18-40(19-6-1)41-32-35-46(36-33-41)60(45-24-11-4-12-25-45)55-39-52-57-47(29-17-31-56(57)61-58(52)50-28-14-13-27-49(50)55)42-34-37-54-51(38-42)48-26-15-16-30-53(48)59(54,43-20-7-2-8-21-43)44-22-9-3-10-23-44/h1-39H. The molecule has 1 aliphatic rings. The van der Waals surface area contributed by atoms with Crippen molar-refractivity contribution in [3.63, 3.8) is 0 Å². The molecule has 1 aromatic heterocycles. The van der Waals surface area contributed by atoms with Gasteiger partial charge >= 0.3 is 0 Å². The first-order chi connectivity index (χ1) is 30.3. The van der Waals surface area contributed by atoms with Crippen molar-refractivity contribution >= 4 is 49.8 Å². The number of furan rings is 1. The molecule has 0 saturated heterocycles. The molecule has 61 heavy (non-hydrogen) atoms. The van der Waals surface area contributed by atoms with E-state index in [0.717, 1.165) is 60.9 Å². The molecule has 11 aromatic rings. The average Bonchev–Trinajstić information content (AvgIpc) is 3.87. The second-order valence-electron chi connectivity index (χ2n) is 16.0. The molecule has 286 valence electrons. The van der Waals surface area contributed by atoms with Gasteiger partial charge in [-0.1, -0.05) is 194 Å². The third-order valence-corrected chi connectivity index (χ3v) is 12.7. The summed E-state index contributed by atoms with van der Waals surface area (Å²) in [6.45, 7) is 0. The predicted octanol–water partition coefficient (Wildman–Crippen LogP) is 15.9. The zero-order valence-electron chi connectivity index (χ0n) is 33.4. The van der Waals surface area contributed by atoms with Crippen molar-refractivity contribution < 1.29 is 4.42 Å². The first-order valence-electron chi connectivity index (χ1n) is 21.0. The molecule has 0 unspecified atom stereocenters. The van der Waals surface area contributed by atoms with Gasteiger partial charge in [0, 0.05) is 32.9 Å². The van der Waals surface area contributed by atoms with E-state index in [-0.39, 0.29) is 0 Å². The van der Waals surface area contributed by atoms with E-state index in [2.05, 4.69) is 241 Å². The van der Waals surface area contributed by atoms with Crippen molar-refractivity contribution in [3.05, 3.63) is 259 Å². The lowest BCUT2D eigenvalue weighted by Crippen LogP contribution is -2.28. The molecule has 0 radical (unpaired) electrons. The lowest BCUT2D eigenvalue weighted by molar-refractivity contribution is 0.673. The number of hydrogen-bond acceptors (Lipinski definition) is 2. The highest BCUT2D eigenvalue weighted by Crippen LogP contribution is 2.57. The molecular formula is C59H39NO. The summed E-state index contributed by atoms with van der Waals surface area (Å²) in [5.41, 5.74) is 16.9. The molecule has 0 N–H and O–H groups in total. The minimum absolute atomic E-state index is 0.449. The fraction of sp³-hybridized carbons (Fsp3) is 0.0169. The molecule has 0 bridgehead atoms. The van der Waals surface area contributed by atoms with Crippen molar-refractivity contribution in [2.45, 2.75) is 5.41 Å². The van der Waals surface area contributed by atoms with Crippen molar-refractivity contribution in [1.29, 1.82) is 0 Å². The van der Waals surface area contributed by atoms with Crippen molar-refractivity contribution in [2.75, 3.05) is 4.90 Å². The number of nitrogens with zero attached hydrogens (tertiary/aromatic N) is 1. The van der Waals surface area contributed by atoms with Gasteiger partial charge in [0.05, 0.1) is 11.1 Å².